The predicted octanol–water partition coefficient (Wildman–Crippen LogP) is 4.31. The molecule has 0 spiro atoms. The Hall–Kier alpha value is -2.59. The molecule has 0 atom stereocenters. The lowest BCUT2D eigenvalue weighted by molar-refractivity contribution is 0.0547. The number of ether oxygens (including phenoxy) is 4. The van der Waals surface area contributed by atoms with Gasteiger partial charge in [-0.3, -0.25) is 0 Å². The van der Waals surface area contributed by atoms with Crippen LogP contribution in [0.15, 0.2) is 23.5 Å². The van der Waals surface area contributed by atoms with Crippen LogP contribution in [0.25, 0.3) is 5.76 Å². The summed E-state index contributed by atoms with van der Waals surface area (Å²) in [6.45, 7) is 7.43. The highest BCUT2D eigenvalue weighted by atomic mass is 16.5. The summed E-state index contributed by atoms with van der Waals surface area (Å²) >= 11 is 0. The molecule has 0 amide bonds. The zero-order valence-corrected chi connectivity index (χ0v) is 16.6. The van der Waals surface area contributed by atoms with E-state index in [4.69, 9.17) is 18.9 Å². The Morgan fingerprint density at radius 3 is 2.12 bits per heavy atom. The molecule has 6 heteroatoms. The summed E-state index contributed by atoms with van der Waals surface area (Å²) in [5, 5.41) is 10.9. The largest absolute Gasteiger partial charge is 0.504 e. The van der Waals surface area contributed by atoms with Gasteiger partial charge in [-0.25, -0.2) is 4.79 Å². The molecule has 0 fully saturated rings. The number of aliphatic hydroxyl groups is 1. The third-order valence-corrected chi connectivity index (χ3v) is 3.48. The fourth-order valence-electron chi connectivity index (χ4n) is 2.43. The van der Waals surface area contributed by atoms with Crippen LogP contribution in [0.4, 0.5) is 0 Å². The molecule has 0 saturated heterocycles. The topological polar surface area (TPSA) is 74.2 Å². The Balaban J connectivity index is 3.72. The van der Waals surface area contributed by atoms with Crippen molar-refractivity contribution in [1.29, 1.82) is 0 Å². The highest BCUT2D eigenvalue weighted by Gasteiger charge is 2.26. The molecule has 1 aromatic rings. The third-order valence-electron chi connectivity index (χ3n) is 3.48. The van der Waals surface area contributed by atoms with E-state index in [-0.39, 0.29) is 22.8 Å². The van der Waals surface area contributed by atoms with E-state index in [9.17, 15) is 9.90 Å². The van der Waals surface area contributed by atoms with Gasteiger partial charge in [0, 0.05) is 0 Å². The van der Waals surface area contributed by atoms with Gasteiger partial charge in [0.1, 0.15) is 11.5 Å². The zero-order chi connectivity index (χ0) is 19.9. The fourth-order valence-corrected chi connectivity index (χ4v) is 2.43. The normalized spacial score (nSPS) is 12.0. The Bertz CT molecular complexity index is 706. The average Bonchev–Trinajstić information content (AvgIpc) is 2.61. The van der Waals surface area contributed by atoms with Crippen LogP contribution in [0, 0.1) is 0 Å². The molecule has 0 radical (unpaired) electrons. The predicted molar refractivity (Wildman–Crippen MR) is 101 cm³/mol. The van der Waals surface area contributed by atoms with E-state index >= 15 is 0 Å². The van der Waals surface area contributed by atoms with Gasteiger partial charge in [-0.05, 0) is 39.3 Å². The van der Waals surface area contributed by atoms with Crippen molar-refractivity contribution >= 4 is 11.7 Å². The maximum atomic E-state index is 11.5. The Morgan fingerprint density at radius 2 is 1.69 bits per heavy atom. The third kappa shape index (κ3) is 4.96. The highest BCUT2D eigenvalue weighted by Crippen LogP contribution is 2.43. The van der Waals surface area contributed by atoms with E-state index in [1.165, 1.54) is 21.3 Å². The molecule has 0 heterocycles. The quantitative estimate of drug-likeness (QED) is 0.421. The van der Waals surface area contributed by atoms with Crippen molar-refractivity contribution < 1.29 is 28.8 Å². The first-order valence-electron chi connectivity index (χ1n) is 8.39. The summed E-state index contributed by atoms with van der Waals surface area (Å²) in [5.74, 6) is 2.83. The summed E-state index contributed by atoms with van der Waals surface area (Å²) in [5.41, 5.74) is -0.0341. The number of carbonyl (C=O) groups excluding carboxylic acids is 1. The summed E-state index contributed by atoms with van der Waals surface area (Å²) in [6, 6.07) is 3.27. The van der Waals surface area contributed by atoms with E-state index in [0.29, 0.717) is 29.9 Å². The minimum absolute atomic E-state index is 0.0832. The lowest BCUT2D eigenvalue weighted by Crippen LogP contribution is -2.20. The van der Waals surface area contributed by atoms with Crippen molar-refractivity contribution in [2.75, 3.05) is 21.3 Å². The number of benzene rings is 1. The van der Waals surface area contributed by atoms with E-state index in [0.717, 1.165) is 0 Å². The highest BCUT2D eigenvalue weighted by molar-refractivity contribution is 5.77. The molecule has 0 aliphatic rings. The molecule has 1 aromatic carbocycles. The first-order valence-corrected chi connectivity index (χ1v) is 8.39. The maximum Gasteiger partial charge on any atom is 0.204 e. The van der Waals surface area contributed by atoms with E-state index in [1.54, 1.807) is 12.1 Å². The van der Waals surface area contributed by atoms with Gasteiger partial charge in [-0.2, -0.15) is 0 Å². The molecule has 26 heavy (non-hydrogen) atoms. The SMILES string of the molecule is CCCC(=C=O)/C(OC(C)(C)C)=C(/O)c1ccc(OC)c(OC)c1OC. The summed E-state index contributed by atoms with van der Waals surface area (Å²) in [6.07, 6.45) is 1.13. The number of rotatable bonds is 8. The molecule has 144 valence electrons. The van der Waals surface area contributed by atoms with Crippen molar-refractivity contribution in [3.05, 3.63) is 29.0 Å². The molecule has 1 rings (SSSR count). The standard InChI is InChI=1S/C20H28O6/c1-8-9-13(12-21)17(26-20(2,3)4)16(22)14-10-11-15(23-5)19(25-7)18(14)24-6/h10-11,22H,8-9H2,1-7H3/b17-16-. The first-order chi connectivity index (χ1) is 12.2. The van der Waals surface area contributed by atoms with E-state index in [2.05, 4.69) is 0 Å². The molecular formula is C20H28O6. The summed E-state index contributed by atoms with van der Waals surface area (Å²) in [4.78, 5) is 11.5. The molecule has 0 aliphatic heterocycles. The number of allylic oxidation sites excluding steroid dienone is 1. The lowest BCUT2D eigenvalue weighted by atomic mass is 10.0. The van der Waals surface area contributed by atoms with Gasteiger partial charge < -0.3 is 24.1 Å². The molecular weight excluding hydrogens is 336 g/mol. The minimum atomic E-state index is -0.622. The second-order valence-corrected chi connectivity index (χ2v) is 6.60. The summed E-state index contributed by atoms with van der Waals surface area (Å²) in [7, 11) is 4.45. The van der Waals surface area contributed by atoms with Crippen LogP contribution in [0.5, 0.6) is 17.2 Å². The van der Waals surface area contributed by atoms with Crippen LogP contribution in [-0.4, -0.2) is 38.0 Å². The van der Waals surface area contributed by atoms with Gasteiger partial charge in [0.25, 0.3) is 0 Å². The molecule has 0 saturated carbocycles. The van der Waals surface area contributed by atoms with Gasteiger partial charge in [-0.1, -0.05) is 13.3 Å². The van der Waals surface area contributed by atoms with Crippen LogP contribution in [0.3, 0.4) is 0 Å². The number of methoxy groups -OCH3 is 3. The van der Waals surface area contributed by atoms with Gasteiger partial charge in [0.2, 0.25) is 5.75 Å². The van der Waals surface area contributed by atoms with Gasteiger partial charge in [0.05, 0.1) is 32.5 Å². The smallest absolute Gasteiger partial charge is 0.204 e. The second kappa shape index (κ2) is 9.20. The molecule has 6 nitrogen and oxygen atoms in total. The second-order valence-electron chi connectivity index (χ2n) is 6.60. The molecule has 0 aromatic heterocycles. The molecule has 1 N–H and O–H groups in total. The van der Waals surface area contributed by atoms with Crippen molar-refractivity contribution in [2.45, 2.75) is 46.1 Å². The van der Waals surface area contributed by atoms with Crippen molar-refractivity contribution in [3.63, 3.8) is 0 Å². The van der Waals surface area contributed by atoms with Crippen LogP contribution < -0.4 is 14.2 Å². The Labute approximate surface area is 155 Å². The number of aliphatic hydroxyl groups excluding tert-OH is 1. The molecule has 0 unspecified atom stereocenters. The Kier molecular flexibility index (Phi) is 7.59. The van der Waals surface area contributed by atoms with Crippen LogP contribution in [0.1, 0.15) is 46.1 Å². The monoisotopic (exact) mass is 364 g/mol. The van der Waals surface area contributed by atoms with Gasteiger partial charge >= 0.3 is 0 Å². The van der Waals surface area contributed by atoms with E-state index < -0.39 is 5.60 Å². The lowest BCUT2D eigenvalue weighted by Gasteiger charge is -2.25. The summed E-state index contributed by atoms with van der Waals surface area (Å²) < 4.78 is 21.9. The van der Waals surface area contributed by atoms with E-state index in [1.807, 2.05) is 33.6 Å². The maximum absolute atomic E-state index is 11.5. The number of hydrogen-bond acceptors (Lipinski definition) is 6. The van der Waals surface area contributed by atoms with Crippen molar-refractivity contribution in [1.82, 2.24) is 0 Å². The van der Waals surface area contributed by atoms with Crippen LogP contribution in [-0.2, 0) is 9.53 Å². The first kappa shape index (κ1) is 21.5. The van der Waals surface area contributed by atoms with Crippen LogP contribution >= 0.6 is 0 Å². The number of hydrogen-bond donors (Lipinski definition) is 1. The zero-order valence-electron chi connectivity index (χ0n) is 16.6. The van der Waals surface area contributed by atoms with Crippen molar-refractivity contribution in [3.8, 4) is 17.2 Å². The van der Waals surface area contributed by atoms with Gasteiger partial charge in [0.15, 0.2) is 23.0 Å². The van der Waals surface area contributed by atoms with Gasteiger partial charge in [-0.15, -0.1) is 0 Å². The van der Waals surface area contributed by atoms with Crippen LogP contribution in [0.2, 0.25) is 0 Å². The van der Waals surface area contributed by atoms with Crippen molar-refractivity contribution in [2.24, 2.45) is 0 Å². The molecule has 0 aliphatic carbocycles. The Morgan fingerprint density at radius 1 is 1.08 bits per heavy atom. The minimum Gasteiger partial charge on any atom is -0.504 e. The fraction of sp³-hybridized carbons (Fsp3) is 0.500. The average molecular weight is 364 g/mol. The molecule has 0 bridgehead atoms.